The van der Waals surface area contributed by atoms with E-state index in [2.05, 4.69) is 15.5 Å². The molecule has 1 atom stereocenters. The molecule has 1 aliphatic rings. The maximum Gasteiger partial charge on any atom is 0.226 e. The molecule has 3 aromatic carbocycles. The van der Waals surface area contributed by atoms with Gasteiger partial charge in [0.05, 0.1) is 5.69 Å². The Morgan fingerprint density at radius 3 is 2.45 bits per heavy atom. The standard InChI is InChI=1S/C25H20FN3O2/c26-19-10-6-16(7-11-19)15-31-20-12-8-17(9-13-20)21-14-22(30)27-25-23(21)24(28-29-25)18-4-2-1-3-5-18/h1-13,21H,14-15H2,(H2,27,28,29,30). The number of amides is 1. The van der Waals surface area contributed by atoms with Crippen molar-refractivity contribution in [1.82, 2.24) is 10.2 Å². The van der Waals surface area contributed by atoms with Crippen LogP contribution in [0, 0.1) is 5.82 Å². The summed E-state index contributed by atoms with van der Waals surface area (Å²) in [4.78, 5) is 12.3. The van der Waals surface area contributed by atoms with Crippen LogP contribution in [0.3, 0.4) is 0 Å². The molecule has 0 aliphatic carbocycles. The number of aromatic amines is 1. The zero-order valence-electron chi connectivity index (χ0n) is 16.6. The van der Waals surface area contributed by atoms with Crippen molar-refractivity contribution in [2.24, 2.45) is 0 Å². The van der Waals surface area contributed by atoms with Crippen LogP contribution in [0.25, 0.3) is 11.3 Å². The molecule has 4 aromatic rings. The van der Waals surface area contributed by atoms with E-state index < -0.39 is 0 Å². The fraction of sp³-hybridized carbons (Fsp3) is 0.120. The number of aromatic nitrogens is 2. The second-order valence-corrected chi connectivity index (χ2v) is 7.52. The van der Waals surface area contributed by atoms with Crippen LogP contribution in [0.1, 0.15) is 29.0 Å². The molecular weight excluding hydrogens is 393 g/mol. The Labute approximate surface area is 178 Å². The number of hydrogen-bond donors (Lipinski definition) is 2. The van der Waals surface area contributed by atoms with Crippen molar-refractivity contribution in [2.75, 3.05) is 5.32 Å². The van der Waals surface area contributed by atoms with Crippen molar-refractivity contribution in [3.63, 3.8) is 0 Å². The van der Waals surface area contributed by atoms with E-state index in [9.17, 15) is 9.18 Å². The summed E-state index contributed by atoms with van der Waals surface area (Å²) in [5.41, 5.74) is 4.84. The van der Waals surface area contributed by atoms with E-state index in [1.54, 1.807) is 12.1 Å². The maximum atomic E-state index is 13.0. The van der Waals surface area contributed by atoms with Gasteiger partial charge in [0, 0.05) is 17.9 Å². The van der Waals surface area contributed by atoms with Gasteiger partial charge >= 0.3 is 0 Å². The lowest BCUT2D eigenvalue weighted by Crippen LogP contribution is -2.23. The lowest BCUT2D eigenvalue weighted by atomic mass is 9.84. The average molecular weight is 413 g/mol. The molecule has 5 nitrogen and oxygen atoms in total. The van der Waals surface area contributed by atoms with Crippen LogP contribution in [0.4, 0.5) is 10.2 Å². The van der Waals surface area contributed by atoms with Crippen molar-refractivity contribution in [3.05, 3.63) is 101 Å². The summed E-state index contributed by atoms with van der Waals surface area (Å²) in [6.07, 6.45) is 0.349. The van der Waals surface area contributed by atoms with Gasteiger partial charge in [0.25, 0.3) is 0 Å². The molecule has 0 radical (unpaired) electrons. The molecule has 0 saturated heterocycles. The van der Waals surface area contributed by atoms with Gasteiger partial charge in [-0.2, -0.15) is 5.10 Å². The van der Waals surface area contributed by atoms with Gasteiger partial charge < -0.3 is 10.1 Å². The normalized spacial score (nSPS) is 15.3. The predicted molar refractivity (Wildman–Crippen MR) is 116 cm³/mol. The van der Waals surface area contributed by atoms with Gasteiger partial charge in [0.2, 0.25) is 5.91 Å². The second-order valence-electron chi connectivity index (χ2n) is 7.52. The number of anilines is 1. The van der Waals surface area contributed by atoms with Gasteiger partial charge in [-0.05, 0) is 41.0 Å². The first kappa shape index (κ1) is 19.1. The van der Waals surface area contributed by atoms with E-state index in [-0.39, 0.29) is 17.6 Å². The minimum absolute atomic E-state index is 0.0553. The summed E-state index contributed by atoms with van der Waals surface area (Å²) < 4.78 is 18.9. The van der Waals surface area contributed by atoms with Gasteiger partial charge in [0.15, 0.2) is 5.82 Å². The summed E-state index contributed by atoms with van der Waals surface area (Å²) >= 11 is 0. The van der Waals surface area contributed by atoms with E-state index in [1.165, 1.54) is 12.1 Å². The summed E-state index contributed by atoms with van der Waals surface area (Å²) in [6.45, 7) is 0.357. The van der Waals surface area contributed by atoms with Crippen LogP contribution in [0.5, 0.6) is 5.75 Å². The quantitative estimate of drug-likeness (QED) is 0.468. The third kappa shape index (κ3) is 3.92. The van der Waals surface area contributed by atoms with E-state index in [0.717, 1.165) is 27.9 Å². The molecule has 5 rings (SSSR count). The highest BCUT2D eigenvalue weighted by Gasteiger charge is 2.32. The van der Waals surface area contributed by atoms with E-state index >= 15 is 0 Å². The smallest absolute Gasteiger partial charge is 0.226 e. The fourth-order valence-electron chi connectivity index (χ4n) is 3.91. The number of ether oxygens (including phenoxy) is 1. The zero-order chi connectivity index (χ0) is 21.2. The largest absolute Gasteiger partial charge is 0.489 e. The number of H-pyrrole nitrogens is 1. The summed E-state index contributed by atoms with van der Waals surface area (Å²) in [6, 6.07) is 24.0. The highest BCUT2D eigenvalue weighted by atomic mass is 19.1. The van der Waals surface area contributed by atoms with Crippen molar-refractivity contribution in [3.8, 4) is 17.0 Å². The second kappa shape index (κ2) is 8.07. The van der Waals surface area contributed by atoms with E-state index in [0.29, 0.717) is 24.6 Å². The Bertz CT molecular complexity index is 1200. The molecule has 1 aliphatic heterocycles. The number of carbonyl (C=O) groups is 1. The average Bonchev–Trinajstić information content (AvgIpc) is 3.23. The van der Waals surface area contributed by atoms with Crippen LogP contribution >= 0.6 is 0 Å². The topological polar surface area (TPSA) is 67.0 Å². The van der Waals surface area contributed by atoms with Crippen molar-refractivity contribution >= 4 is 11.7 Å². The molecule has 6 heteroatoms. The molecule has 0 fully saturated rings. The Morgan fingerprint density at radius 1 is 0.968 bits per heavy atom. The van der Waals surface area contributed by atoms with Gasteiger partial charge in [-0.3, -0.25) is 9.89 Å². The number of fused-ring (bicyclic) bond motifs is 1. The van der Waals surface area contributed by atoms with Crippen LogP contribution in [-0.2, 0) is 11.4 Å². The minimum Gasteiger partial charge on any atom is -0.489 e. The molecular formula is C25H20FN3O2. The van der Waals surface area contributed by atoms with Crippen LogP contribution in [-0.4, -0.2) is 16.1 Å². The first-order chi connectivity index (χ1) is 15.2. The fourth-order valence-corrected chi connectivity index (χ4v) is 3.91. The van der Waals surface area contributed by atoms with Gasteiger partial charge in [-0.25, -0.2) is 4.39 Å². The number of carbonyl (C=O) groups excluding carboxylic acids is 1. The van der Waals surface area contributed by atoms with Gasteiger partial charge in [-0.15, -0.1) is 0 Å². The van der Waals surface area contributed by atoms with Crippen LogP contribution in [0.2, 0.25) is 0 Å². The van der Waals surface area contributed by atoms with E-state index in [1.807, 2.05) is 54.6 Å². The lowest BCUT2D eigenvalue weighted by Gasteiger charge is -2.23. The zero-order valence-corrected chi connectivity index (χ0v) is 16.6. The predicted octanol–water partition coefficient (Wildman–Crippen LogP) is 5.27. The van der Waals surface area contributed by atoms with Gasteiger partial charge in [0.1, 0.15) is 18.2 Å². The SMILES string of the molecule is O=C1CC(c2ccc(OCc3ccc(F)cc3)cc2)c2c(n[nH]c2-c2ccccc2)N1. The Morgan fingerprint density at radius 2 is 1.71 bits per heavy atom. The molecule has 2 N–H and O–H groups in total. The number of halogens is 1. The van der Waals surface area contributed by atoms with Crippen molar-refractivity contribution in [1.29, 1.82) is 0 Å². The van der Waals surface area contributed by atoms with Gasteiger partial charge in [-0.1, -0.05) is 54.6 Å². The number of rotatable bonds is 5. The molecule has 1 unspecified atom stereocenters. The summed E-state index contributed by atoms with van der Waals surface area (Å²) in [5, 5.41) is 10.3. The molecule has 1 aromatic heterocycles. The molecule has 0 saturated carbocycles. The van der Waals surface area contributed by atoms with E-state index in [4.69, 9.17) is 4.74 Å². The molecule has 154 valence electrons. The Hall–Kier alpha value is -3.93. The minimum atomic E-state index is -0.266. The summed E-state index contributed by atoms with van der Waals surface area (Å²) in [5.74, 6) is 0.864. The third-order valence-corrected chi connectivity index (χ3v) is 5.46. The first-order valence-electron chi connectivity index (χ1n) is 10.1. The molecule has 0 bridgehead atoms. The number of nitrogens with zero attached hydrogens (tertiary/aromatic N) is 1. The number of benzene rings is 3. The summed E-state index contributed by atoms with van der Waals surface area (Å²) in [7, 11) is 0. The maximum absolute atomic E-state index is 13.0. The molecule has 0 spiro atoms. The lowest BCUT2D eigenvalue weighted by molar-refractivity contribution is -0.116. The van der Waals surface area contributed by atoms with Crippen LogP contribution < -0.4 is 10.1 Å². The molecule has 31 heavy (non-hydrogen) atoms. The highest BCUT2D eigenvalue weighted by Crippen LogP contribution is 2.41. The van der Waals surface area contributed by atoms with Crippen LogP contribution in [0.15, 0.2) is 78.9 Å². The van der Waals surface area contributed by atoms with Crippen molar-refractivity contribution < 1.29 is 13.9 Å². The Balaban J connectivity index is 1.40. The van der Waals surface area contributed by atoms with Crippen molar-refractivity contribution in [2.45, 2.75) is 18.9 Å². The number of hydrogen-bond acceptors (Lipinski definition) is 3. The molecule has 1 amide bonds. The Kier molecular flexibility index (Phi) is 4.96. The first-order valence-corrected chi connectivity index (χ1v) is 10.1. The monoisotopic (exact) mass is 413 g/mol. The third-order valence-electron chi connectivity index (χ3n) is 5.46. The number of nitrogens with one attached hydrogen (secondary N) is 2. The molecule has 2 heterocycles. The highest BCUT2D eigenvalue weighted by molar-refractivity contribution is 5.96.